The number of carbonyl (C=O) groups excluding carboxylic acids is 1. The topological polar surface area (TPSA) is 82.2 Å². The lowest BCUT2D eigenvalue weighted by Crippen LogP contribution is -2.45. The summed E-state index contributed by atoms with van der Waals surface area (Å²) in [6.45, 7) is 5.89. The molecule has 32 heavy (non-hydrogen) atoms. The molecule has 0 bridgehead atoms. The number of hydrogen-bond donors (Lipinski definition) is 1. The van der Waals surface area contributed by atoms with Crippen molar-refractivity contribution in [2.24, 2.45) is 0 Å². The van der Waals surface area contributed by atoms with Crippen molar-refractivity contribution >= 4 is 21.6 Å². The zero-order valence-corrected chi connectivity index (χ0v) is 19.8. The van der Waals surface area contributed by atoms with Gasteiger partial charge in [0, 0.05) is 45.3 Å². The molecular formula is C23H32N4O4S. The maximum absolute atomic E-state index is 12.9. The van der Waals surface area contributed by atoms with Crippen LogP contribution in [-0.4, -0.2) is 84.6 Å². The van der Waals surface area contributed by atoms with E-state index in [-0.39, 0.29) is 10.8 Å². The Labute approximate surface area is 190 Å². The van der Waals surface area contributed by atoms with Gasteiger partial charge in [-0.15, -0.1) is 0 Å². The summed E-state index contributed by atoms with van der Waals surface area (Å²) in [4.78, 5) is 17.3. The van der Waals surface area contributed by atoms with Crippen LogP contribution in [0.25, 0.3) is 0 Å². The normalized spacial score (nSPS) is 15.3. The minimum Gasteiger partial charge on any atom is -0.497 e. The van der Waals surface area contributed by atoms with E-state index in [0.717, 1.165) is 39.1 Å². The van der Waals surface area contributed by atoms with Gasteiger partial charge in [0.2, 0.25) is 0 Å². The highest BCUT2D eigenvalue weighted by Gasteiger charge is 2.21. The molecule has 1 heterocycles. The van der Waals surface area contributed by atoms with Crippen LogP contribution in [0.1, 0.15) is 16.8 Å². The zero-order chi connectivity index (χ0) is 23.1. The molecule has 0 unspecified atom stereocenters. The molecule has 2 aromatic rings. The van der Waals surface area contributed by atoms with Crippen LogP contribution < -0.4 is 14.4 Å². The quantitative estimate of drug-likeness (QED) is 0.576. The van der Waals surface area contributed by atoms with Crippen molar-refractivity contribution in [3.05, 3.63) is 54.1 Å². The lowest BCUT2D eigenvalue weighted by molar-refractivity contribution is 0.0949. The number of ether oxygens (including phenoxy) is 1. The summed E-state index contributed by atoms with van der Waals surface area (Å²) in [6, 6.07) is 12.8. The zero-order valence-electron chi connectivity index (χ0n) is 19.0. The first kappa shape index (κ1) is 24.0. The molecule has 174 valence electrons. The number of amides is 1. The van der Waals surface area contributed by atoms with Crippen molar-refractivity contribution in [3.63, 3.8) is 0 Å². The van der Waals surface area contributed by atoms with Gasteiger partial charge in [-0.2, -0.15) is 0 Å². The highest BCUT2D eigenvalue weighted by Crippen LogP contribution is 2.24. The number of nitrogens with zero attached hydrogens (tertiary/aromatic N) is 3. The Bertz CT molecular complexity index is 986. The molecule has 1 aliphatic heterocycles. The molecule has 0 spiro atoms. The van der Waals surface area contributed by atoms with E-state index in [0.29, 0.717) is 23.5 Å². The summed E-state index contributed by atoms with van der Waals surface area (Å²) in [5.41, 5.74) is 0.982. The molecule has 1 aliphatic rings. The highest BCUT2D eigenvalue weighted by molar-refractivity contribution is 7.92. The summed E-state index contributed by atoms with van der Waals surface area (Å²) < 4.78 is 32.0. The number of anilines is 1. The van der Waals surface area contributed by atoms with Gasteiger partial charge in [-0.25, -0.2) is 8.42 Å². The van der Waals surface area contributed by atoms with Crippen LogP contribution in [0.4, 0.5) is 5.69 Å². The predicted molar refractivity (Wildman–Crippen MR) is 126 cm³/mol. The fourth-order valence-corrected chi connectivity index (χ4v) is 4.74. The molecule has 1 saturated heterocycles. The minimum absolute atomic E-state index is 0.157. The van der Waals surface area contributed by atoms with E-state index in [2.05, 4.69) is 22.2 Å². The predicted octanol–water partition coefficient (Wildman–Crippen LogP) is 1.89. The second-order valence-electron chi connectivity index (χ2n) is 7.95. The van der Waals surface area contributed by atoms with E-state index >= 15 is 0 Å². The third kappa shape index (κ3) is 5.99. The van der Waals surface area contributed by atoms with Gasteiger partial charge in [-0.05, 0) is 68.5 Å². The fraction of sp³-hybridized carbons (Fsp3) is 0.435. The Balaban J connectivity index is 1.52. The second-order valence-corrected chi connectivity index (χ2v) is 9.92. The van der Waals surface area contributed by atoms with Gasteiger partial charge < -0.3 is 19.9 Å². The molecule has 0 atom stereocenters. The first-order chi connectivity index (χ1) is 15.3. The number of likely N-dealkylation sites (N-methyl/N-ethyl adjacent to an activating group) is 1. The minimum atomic E-state index is -3.71. The van der Waals surface area contributed by atoms with E-state index in [1.807, 2.05) is 0 Å². The number of piperazine rings is 1. The maximum Gasteiger partial charge on any atom is 0.264 e. The molecule has 1 amide bonds. The number of sulfonamides is 1. The van der Waals surface area contributed by atoms with Gasteiger partial charge in [0.05, 0.1) is 17.7 Å². The molecule has 0 radical (unpaired) electrons. The maximum atomic E-state index is 12.9. The second kappa shape index (κ2) is 10.8. The van der Waals surface area contributed by atoms with E-state index in [9.17, 15) is 13.2 Å². The first-order valence-electron chi connectivity index (χ1n) is 10.7. The molecular weight excluding hydrogens is 428 g/mol. The monoisotopic (exact) mass is 460 g/mol. The van der Waals surface area contributed by atoms with Crippen molar-refractivity contribution in [2.75, 3.05) is 64.8 Å². The van der Waals surface area contributed by atoms with Crippen LogP contribution in [-0.2, 0) is 10.0 Å². The summed E-state index contributed by atoms with van der Waals surface area (Å²) in [5, 5.41) is 2.94. The third-order valence-corrected chi connectivity index (χ3v) is 7.54. The smallest absolute Gasteiger partial charge is 0.264 e. The van der Waals surface area contributed by atoms with Gasteiger partial charge in [-0.1, -0.05) is 0 Å². The van der Waals surface area contributed by atoms with Gasteiger partial charge in [0.1, 0.15) is 5.75 Å². The molecule has 1 N–H and O–H groups in total. The fourth-order valence-electron chi connectivity index (χ4n) is 3.55. The largest absolute Gasteiger partial charge is 0.497 e. The summed E-state index contributed by atoms with van der Waals surface area (Å²) >= 11 is 0. The van der Waals surface area contributed by atoms with Crippen LogP contribution in [0.5, 0.6) is 5.75 Å². The van der Waals surface area contributed by atoms with Crippen molar-refractivity contribution in [1.29, 1.82) is 0 Å². The Morgan fingerprint density at radius 1 is 1.03 bits per heavy atom. The third-order valence-electron chi connectivity index (χ3n) is 5.74. The molecule has 0 aromatic heterocycles. The molecule has 2 aromatic carbocycles. The number of rotatable bonds is 9. The van der Waals surface area contributed by atoms with E-state index in [1.165, 1.54) is 30.6 Å². The number of carbonyl (C=O) groups is 1. The number of methoxy groups -OCH3 is 1. The Morgan fingerprint density at radius 3 is 2.25 bits per heavy atom. The average molecular weight is 461 g/mol. The number of hydrogen-bond acceptors (Lipinski definition) is 6. The Kier molecular flexibility index (Phi) is 8.11. The molecule has 9 heteroatoms. The van der Waals surface area contributed by atoms with Gasteiger partial charge >= 0.3 is 0 Å². The lowest BCUT2D eigenvalue weighted by atomic mass is 10.2. The molecule has 1 fully saturated rings. The van der Waals surface area contributed by atoms with Crippen molar-refractivity contribution in [2.45, 2.75) is 11.3 Å². The van der Waals surface area contributed by atoms with Crippen LogP contribution in [0.15, 0.2) is 53.4 Å². The van der Waals surface area contributed by atoms with E-state index in [4.69, 9.17) is 4.74 Å². The van der Waals surface area contributed by atoms with E-state index < -0.39 is 10.0 Å². The lowest BCUT2D eigenvalue weighted by Gasteiger charge is -2.32. The summed E-state index contributed by atoms with van der Waals surface area (Å²) in [5.74, 6) is 0.432. The highest BCUT2D eigenvalue weighted by atomic mass is 32.2. The molecule has 3 rings (SSSR count). The van der Waals surface area contributed by atoms with Gasteiger partial charge in [0.15, 0.2) is 0 Å². The number of benzene rings is 2. The molecule has 0 saturated carbocycles. The average Bonchev–Trinajstić information content (AvgIpc) is 2.82. The van der Waals surface area contributed by atoms with Crippen LogP contribution in [0.3, 0.4) is 0 Å². The van der Waals surface area contributed by atoms with Gasteiger partial charge in [-0.3, -0.25) is 9.10 Å². The Morgan fingerprint density at radius 2 is 1.66 bits per heavy atom. The number of nitrogens with one attached hydrogen (secondary N) is 1. The van der Waals surface area contributed by atoms with E-state index in [1.54, 1.807) is 36.4 Å². The molecule has 8 nitrogen and oxygen atoms in total. The summed E-state index contributed by atoms with van der Waals surface area (Å²) in [6.07, 6.45) is 0.899. The molecule has 0 aliphatic carbocycles. The van der Waals surface area contributed by atoms with Crippen molar-refractivity contribution in [1.82, 2.24) is 15.1 Å². The summed E-state index contributed by atoms with van der Waals surface area (Å²) in [7, 11) is 1.44. The van der Waals surface area contributed by atoms with Crippen LogP contribution in [0, 0.1) is 0 Å². The van der Waals surface area contributed by atoms with Gasteiger partial charge in [0.25, 0.3) is 15.9 Å². The van der Waals surface area contributed by atoms with Crippen molar-refractivity contribution in [3.8, 4) is 5.75 Å². The first-order valence-corrected chi connectivity index (χ1v) is 12.2. The van der Waals surface area contributed by atoms with Crippen LogP contribution >= 0.6 is 0 Å². The van der Waals surface area contributed by atoms with Crippen molar-refractivity contribution < 1.29 is 17.9 Å². The standard InChI is InChI=1S/C23H32N4O4S/c1-25-15-17-27(18-16-25)14-4-13-24-23(28)19-5-7-20(8-6-19)26(2)32(29,30)22-11-9-21(31-3)10-12-22/h5-12H,4,13-18H2,1-3H3,(H,24,28). The Hall–Kier alpha value is -2.62. The van der Waals surface area contributed by atoms with Crippen LogP contribution in [0.2, 0.25) is 0 Å². The SMILES string of the molecule is COc1ccc(S(=O)(=O)N(C)c2ccc(C(=O)NCCCN3CCN(C)CC3)cc2)cc1.